The van der Waals surface area contributed by atoms with Crippen LogP contribution in [0.25, 0.3) is 0 Å². The van der Waals surface area contributed by atoms with E-state index in [1.165, 1.54) is 12.3 Å². The first-order valence-electron chi connectivity index (χ1n) is 8.04. The maximum Gasteiger partial charge on any atom is 0.263 e. The van der Waals surface area contributed by atoms with Crippen molar-refractivity contribution in [3.63, 3.8) is 0 Å². The van der Waals surface area contributed by atoms with Gasteiger partial charge in [0.2, 0.25) is 0 Å². The van der Waals surface area contributed by atoms with Crippen LogP contribution in [-0.2, 0) is 10.0 Å². The summed E-state index contributed by atoms with van der Waals surface area (Å²) in [5.41, 5.74) is 1.39. The van der Waals surface area contributed by atoms with Crippen LogP contribution in [-0.4, -0.2) is 44.5 Å². The molecule has 1 aliphatic heterocycles. The fourth-order valence-corrected chi connectivity index (χ4v) is 4.35. The van der Waals surface area contributed by atoms with Crippen LogP contribution in [0.15, 0.2) is 39.8 Å². The summed E-state index contributed by atoms with van der Waals surface area (Å²) in [6.07, 6.45) is 2.29. The van der Waals surface area contributed by atoms with E-state index in [4.69, 9.17) is 16.3 Å². The molecule has 1 aromatic heterocycles. The maximum absolute atomic E-state index is 12.6. The van der Waals surface area contributed by atoms with Gasteiger partial charge in [-0.15, -0.1) is 0 Å². The summed E-state index contributed by atoms with van der Waals surface area (Å²) in [7, 11) is -1.73. The van der Waals surface area contributed by atoms with Gasteiger partial charge in [-0.25, -0.2) is 13.4 Å². The number of likely N-dealkylation sites (tertiary alicyclic amines) is 1. The number of halogens is 2. The van der Waals surface area contributed by atoms with E-state index in [-0.39, 0.29) is 16.2 Å². The van der Waals surface area contributed by atoms with Gasteiger partial charge in [-0.05, 0) is 54.0 Å². The molecular formula is C17H19BrClN3O3S. The minimum Gasteiger partial charge on any atom is -0.489 e. The number of anilines is 1. The highest BCUT2D eigenvalue weighted by Crippen LogP contribution is 2.28. The van der Waals surface area contributed by atoms with Gasteiger partial charge in [0.15, 0.2) is 0 Å². The first-order valence-corrected chi connectivity index (χ1v) is 10.7. The number of likely N-dealkylation sites (N-methyl/N-ethyl adjacent to an activating group) is 1. The van der Waals surface area contributed by atoms with Crippen LogP contribution in [0.3, 0.4) is 0 Å². The van der Waals surface area contributed by atoms with Crippen molar-refractivity contribution in [1.82, 2.24) is 9.88 Å². The number of rotatable bonds is 5. The van der Waals surface area contributed by atoms with Crippen LogP contribution in [0.4, 0.5) is 5.69 Å². The van der Waals surface area contributed by atoms with Crippen molar-refractivity contribution < 1.29 is 13.2 Å². The van der Waals surface area contributed by atoms with E-state index in [0.29, 0.717) is 15.9 Å². The molecule has 0 radical (unpaired) electrons. The molecule has 26 heavy (non-hydrogen) atoms. The van der Waals surface area contributed by atoms with E-state index in [1.54, 1.807) is 12.1 Å². The molecule has 2 heterocycles. The largest absolute Gasteiger partial charge is 0.489 e. The van der Waals surface area contributed by atoms with Gasteiger partial charge < -0.3 is 9.64 Å². The summed E-state index contributed by atoms with van der Waals surface area (Å²) in [5.74, 6) is 0.681. The summed E-state index contributed by atoms with van der Waals surface area (Å²) >= 11 is 9.02. The summed E-state index contributed by atoms with van der Waals surface area (Å²) in [6.45, 7) is 3.79. The van der Waals surface area contributed by atoms with Gasteiger partial charge in [-0.1, -0.05) is 17.7 Å². The Hall–Kier alpha value is -1.35. The Kier molecular flexibility index (Phi) is 5.76. The summed E-state index contributed by atoms with van der Waals surface area (Å²) in [6, 6.07) is 6.67. The predicted octanol–water partition coefficient (Wildman–Crippen LogP) is 3.69. The van der Waals surface area contributed by atoms with Gasteiger partial charge in [0.25, 0.3) is 10.0 Å². The lowest BCUT2D eigenvalue weighted by Gasteiger charge is -2.17. The summed E-state index contributed by atoms with van der Waals surface area (Å²) < 4.78 is 34.2. The molecule has 0 spiro atoms. The van der Waals surface area contributed by atoms with E-state index < -0.39 is 10.0 Å². The molecule has 3 rings (SSSR count). The fraction of sp³-hybridized carbons (Fsp3) is 0.353. The van der Waals surface area contributed by atoms with E-state index in [1.807, 2.05) is 13.0 Å². The van der Waals surface area contributed by atoms with E-state index in [9.17, 15) is 8.42 Å². The topological polar surface area (TPSA) is 71.5 Å². The van der Waals surface area contributed by atoms with Crippen LogP contribution in [0.2, 0.25) is 5.15 Å². The molecular weight excluding hydrogens is 442 g/mol. The SMILES string of the molecule is Cc1ccc(NS(=O)(=O)c2cnc(Cl)c(Br)c2)cc1OC1CCN(C)C1. The average Bonchev–Trinajstić information content (AvgIpc) is 2.98. The van der Waals surface area contributed by atoms with Crippen LogP contribution in [0.5, 0.6) is 5.75 Å². The van der Waals surface area contributed by atoms with Crippen molar-refractivity contribution >= 4 is 43.2 Å². The second-order valence-corrected chi connectivity index (χ2v) is 9.21. The predicted molar refractivity (Wildman–Crippen MR) is 105 cm³/mol. The van der Waals surface area contributed by atoms with Crippen molar-refractivity contribution in [2.75, 3.05) is 24.9 Å². The molecule has 0 aliphatic carbocycles. The zero-order chi connectivity index (χ0) is 18.9. The minimum absolute atomic E-state index is 0.0224. The Balaban J connectivity index is 1.80. The van der Waals surface area contributed by atoms with Gasteiger partial charge in [0.1, 0.15) is 21.9 Å². The van der Waals surface area contributed by atoms with E-state index >= 15 is 0 Å². The van der Waals surface area contributed by atoms with Crippen molar-refractivity contribution in [1.29, 1.82) is 0 Å². The number of pyridine rings is 1. The van der Waals surface area contributed by atoms with Crippen molar-refractivity contribution in [3.8, 4) is 5.75 Å². The molecule has 0 saturated carbocycles. The highest BCUT2D eigenvalue weighted by Gasteiger charge is 2.22. The molecule has 9 heteroatoms. The Morgan fingerprint density at radius 3 is 2.81 bits per heavy atom. The van der Waals surface area contributed by atoms with Crippen LogP contribution in [0.1, 0.15) is 12.0 Å². The molecule has 6 nitrogen and oxygen atoms in total. The minimum atomic E-state index is -3.78. The number of hydrogen-bond donors (Lipinski definition) is 1. The lowest BCUT2D eigenvalue weighted by atomic mass is 10.2. The Bertz CT molecular complexity index is 923. The first-order chi connectivity index (χ1) is 12.2. The van der Waals surface area contributed by atoms with Crippen molar-refractivity contribution in [2.45, 2.75) is 24.3 Å². The number of hydrogen-bond acceptors (Lipinski definition) is 5. The normalized spacial score (nSPS) is 18.1. The fourth-order valence-electron chi connectivity index (χ4n) is 2.73. The zero-order valence-corrected chi connectivity index (χ0v) is 17.5. The van der Waals surface area contributed by atoms with Crippen molar-refractivity contribution in [2.24, 2.45) is 0 Å². The standard InChI is InChI=1S/C17H19BrClN3O3S/c1-11-3-4-12(7-16(11)25-13-5-6-22(2)10-13)21-26(23,24)14-8-15(18)17(19)20-9-14/h3-4,7-9,13,21H,5-6,10H2,1-2H3. The number of ether oxygens (including phenoxy) is 1. The quantitative estimate of drug-likeness (QED) is 0.689. The Morgan fingerprint density at radius 1 is 1.38 bits per heavy atom. The number of aromatic nitrogens is 1. The van der Waals surface area contributed by atoms with Gasteiger partial charge in [-0.2, -0.15) is 0 Å². The summed E-state index contributed by atoms with van der Waals surface area (Å²) in [4.78, 5) is 6.09. The molecule has 1 saturated heterocycles. The maximum atomic E-state index is 12.6. The number of benzene rings is 1. The molecule has 0 bridgehead atoms. The third kappa shape index (κ3) is 4.49. The smallest absolute Gasteiger partial charge is 0.263 e. The second kappa shape index (κ2) is 7.72. The van der Waals surface area contributed by atoms with Gasteiger partial charge in [0, 0.05) is 25.4 Å². The second-order valence-electron chi connectivity index (χ2n) is 6.32. The monoisotopic (exact) mass is 459 g/mol. The number of nitrogens with zero attached hydrogens (tertiary/aromatic N) is 2. The van der Waals surface area contributed by atoms with Crippen LogP contribution in [0, 0.1) is 6.92 Å². The van der Waals surface area contributed by atoms with E-state index in [2.05, 4.69) is 37.6 Å². The van der Waals surface area contributed by atoms with Crippen LogP contribution >= 0.6 is 27.5 Å². The summed E-state index contributed by atoms with van der Waals surface area (Å²) in [5, 5.41) is 0.205. The van der Waals surface area contributed by atoms with Gasteiger partial charge in [-0.3, -0.25) is 4.72 Å². The third-order valence-corrected chi connectivity index (χ3v) is 6.65. The van der Waals surface area contributed by atoms with Crippen LogP contribution < -0.4 is 9.46 Å². The van der Waals surface area contributed by atoms with E-state index in [0.717, 1.165) is 25.1 Å². The van der Waals surface area contributed by atoms with Gasteiger partial charge >= 0.3 is 0 Å². The third-order valence-electron chi connectivity index (χ3n) is 4.16. The molecule has 2 aromatic rings. The number of nitrogens with one attached hydrogen (secondary N) is 1. The highest BCUT2D eigenvalue weighted by atomic mass is 79.9. The highest BCUT2D eigenvalue weighted by molar-refractivity contribution is 9.10. The molecule has 1 fully saturated rings. The first kappa shape index (κ1) is 19.4. The number of sulfonamides is 1. The average molecular weight is 461 g/mol. The van der Waals surface area contributed by atoms with Crippen molar-refractivity contribution in [3.05, 3.63) is 45.7 Å². The molecule has 1 unspecified atom stereocenters. The number of aryl methyl sites for hydroxylation is 1. The Labute approximate surface area is 166 Å². The molecule has 1 atom stereocenters. The Morgan fingerprint density at radius 2 is 2.15 bits per heavy atom. The molecule has 1 aromatic carbocycles. The molecule has 0 amide bonds. The molecule has 140 valence electrons. The molecule has 1 N–H and O–H groups in total. The lowest BCUT2D eigenvalue weighted by molar-refractivity contribution is 0.207. The zero-order valence-electron chi connectivity index (χ0n) is 14.4. The molecule has 1 aliphatic rings. The van der Waals surface area contributed by atoms with Gasteiger partial charge in [0.05, 0.1) is 10.2 Å². The lowest BCUT2D eigenvalue weighted by Crippen LogP contribution is -2.21.